The Balaban J connectivity index is 1.46. The van der Waals surface area contributed by atoms with Crippen molar-refractivity contribution in [3.63, 3.8) is 0 Å². The van der Waals surface area contributed by atoms with Crippen molar-refractivity contribution >= 4 is 18.0 Å². The average Bonchev–Trinajstić information content (AvgIpc) is 3.16. The van der Waals surface area contributed by atoms with E-state index in [0.29, 0.717) is 0 Å². The summed E-state index contributed by atoms with van der Waals surface area (Å²) in [5, 5.41) is 11.7. The molecule has 7 heteroatoms. The number of likely N-dealkylation sites (N-methyl/N-ethyl adjacent to an activating group) is 1. The lowest BCUT2D eigenvalue weighted by molar-refractivity contribution is -0.144. The molecule has 4 rings (SSSR count). The number of carbonyl (C=O) groups is 3. The van der Waals surface area contributed by atoms with E-state index in [1.165, 1.54) is 7.05 Å². The van der Waals surface area contributed by atoms with Crippen molar-refractivity contribution < 1.29 is 24.2 Å². The molecule has 0 saturated heterocycles. The number of ether oxygens (including phenoxy) is 1. The van der Waals surface area contributed by atoms with Crippen LogP contribution in [0.15, 0.2) is 78.9 Å². The first kappa shape index (κ1) is 23.0. The highest BCUT2D eigenvalue weighted by Crippen LogP contribution is 2.44. The van der Waals surface area contributed by atoms with E-state index < -0.39 is 30.6 Å². The van der Waals surface area contributed by atoms with Crippen LogP contribution in [-0.2, 0) is 20.7 Å². The van der Waals surface area contributed by atoms with Crippen LogP contribution in [-0.4, -0.2) is 54.2 Å². The van der Waals surface area contributed by atoms with Crippen LogP contribution < -0.4 is 5.32 Å². The number of nitrogens with zero attached hydrogens (tertiary/aromatic N) is 1. The predicted octanol–water partition coefficient (Wildman–Crippen LogP) is 3.68. The number of carbonyl (C=O) groups excluding carboxylic acids is 2. The molecule has 0 heterocycles. The number of hydrogen-bond donors (Lipinski definition) is 2. The molecule has 3 aromatic rings. The van der Waals surface area contributed by atoms with Gasteiger partial charge in [-0.3, -0.25) is 9.59 Å². The SMILES string of the molecule is CN(CC(=O)O)C(=O)[C@@H](Cc1ccccc1)NC(=O)OCC1c2ccccc2-c2ccccc21. The molecule has 1 aliphatic carbocycles. The molecule has 0 bridgehead atoms. The van der Waals surface area contributed by atoms with Gasteiger partial charge >= 0.3 is 12.1 Å². The molecule has 3 aromatic carbocycles. The monoisotopic (exact) mass is 458 g/mol. The molecular formula is C27H26N2O5. The maximum atomic E-state index is 12.9. The van der Waals surface area contributed by atoms with Crippen LogP contribution in [0.5, 0.6) is 0 Å². The molecule has 7 nitrogen and oxygen atoms in total. The van der Waals surface area contributed by atoms with Crippen LogP contribution in [0.4, 0.5) is 4.79 Å². The number of carboxylic acid groups (broad SMARTS) is 1. The third-order valence-electron chi connectivity index (χ3n) is 5.97. The Bertz CT molecular complexity index is 1150. The standard InChI is InChI=1S/C27H26N2O5/c1-29(16-25(30)31)26(32)24(15-18-9-3-2-4-10-18)28-27(33)34-17-23-21-13-7-5-11-19(21)20-12-6-8-14-22(20)23/h2-14,23-24H,15-17H2,1H3,(H,28,33)(H,30,31)/t24-/m1/s1. The topological polar surface area (TPSA) is 95.9 Å². The van der Waals surface area contributed by atoms with Gasteiger partial charge in [-0.05, 0) is 27.8 Å². The van der Waals surface area contributed by atoms with E-state index in [1.54, 1.807) is 0 Å². The second kappa shape index (κ2) is 10.2. The van der Waals surface area contributed by atoms with Crippen molar-refractivity contribution in [2.75, 3.05) is 20.2 Å². The van der Waals surface area contributed by atoms with Crippen molar-refractivity contribution in [2.45, 2.75) is 18.4 Å². The molecule has 0 aliphatic heterocycles. The number of alkyl carbamates (subject to hydrolysis) is 1. The molecule has 2 N–H and O–H groups in total. The van der Waals surface area contributed by atoms with Crippen molar-refractivity contribution in [2.24, 2.45) is 0 Å². The van der Waals surface area contributed by atoms with E-state index in [0.717, 1.165) is 32.7 Å². The minimum Gasteiger partial charge on any atom is -0.480 e. The summed E-state index contributed by atoms with van der Waals surface area (Å²) in [4.78, 5) is 37.8. The summed E-state index contributed by atoms with van der Waals surface area (Å²) in [6.45, 7) is -0.340. The van der Waals surface area contributed by atoms with E-state index in [9.17, 15) is 14.4 Å². The number of aliphatic carboxylic acids is 1. The Hall–Kier alpha value is -4.13. The van der Waals surface area contributed by atoms with Gasteiger partial charge in [0.05, 0.1) is 0 Å². The lowest BCUT2D eigenvalue weighted by Crippen LogP contribution is -2.49. The molecule has 2 amide bonds. The first-order chi connectivity index (χ1) is 16.4. The van der Waals surface area contributed by atoms with E-state index >= 15 is 0 Å². The van der Waals surface area contributed by atoms with Gasteiger partial charge in [0.15, 0.2) is 0 Å². The van der Waals surface area contributed by atoms with Gasteiger partial charge in [0.2, 0.25) is 5.91 Å². The second-order valence-corrected chi connectivity index (χ2v) is 8.30. The van der Waals surface area contributed by atoms with Gasteiger partial charge in [-0.1, -0.05) is 78.9 Å². The first-order valence-corrected chi connectivity index (χ1v) is 11.1. The Kier molecular flexibility index (Phi) is 6.92. The molecule has 0 aromatic heterocycles. The molecule has 0 saturated carbocycles. The molecular weight excluding hydrogens is 432 g/mol. The molecule has 0 fully saturated rings. The summed E-state index contributed by atoms with van der Waals surface area (Å²) < 4.78 is 5.58. The van der Waals surface area contributed by atoms with Gasteiger partial charge in [-0.25, -0.2) is 4.79 Å². The molecule has 0 spiro atoms. The van der Waals surface area contributed by atoms with Crippen molar-refractivity contribution in [1.82, 2.24) is 10.2 Å². The number of carboxylic acids is 1. The summed E-state index contributed by atoms with van der Waals surface area (Å²) in [6, 6.07) is 24.3. The quantitative estimate of drug-likeness (QED) is 0.537. The number of fused-ring (bicyclic) bond motifs is 3. The zero-order chi connectivity index (χ0) is 24.1. The summed E-state index contributed by atoms with van der Waals surface area (Å²) in [5.41, 5.74) is 5.27. The molecule has 0 unspecified atom stereocenters. The molecule has 0 radical (unpaired) electrons. The average molecular weight is 459 g/mol. The van der Waals surface area contributed by atoms with Crippen molar-refractivity contribution in [3.8, 4) is 11.1 Å². The summed E-state index contributed by atoms with van der Waals surface area (Å²) in [6.07, 6.45) is -0.506. The van der Waals surface area contributed by atoms with E-state index in [-0.39, 0.29) is 18.9 Å². The molecule has 174 valence electrons. The van der Waals surface area contributed by atoms with Gasteiger partial charge in [-0.2, -0.15) is 0 Å². The minimum atomic E-state index is -1.13. The lowest BCUT2D eigenvalue weighted by atomic mass is 9.98. The van der Waals surface area contributed by atoms with Gasteiger partial charge in [0.1, 0.15) is 19.2 Å². The van der Waals surface area contributed by atoms with Crippen molar-refractivity contribution in [1.29, 1.82) is 0 Å². The summed E-state index contributed by atoms with van der Waals surface area (Å²) >= 11 is 0. The number of benzene rings is 3. The van der Waals surface area contributed by atoms with Crippen LogP contribution in [0.3, 0.4) is 0 Å². The highest BCUT2D eigenvalue weighted by Gasteiger charge is 2.30. The molecule has 1 aliphatic rings. The van der Waals surface area contributed by atoms with Gasteiger partial charge in [0.25, 0.3) is 0 Å². The second-order valence-electron chi connectivity index (χ2n) is 8.30. The third-order valence-corrected chi connectivity index (χ3v) is 5.97. The minimum absolute atomic E-state index is 0.101. The fourth-order valence-electron chi connectivity index (χ4n) is 4.38. The Morgan fingerprint density at radius 2 is 1.47 bits per heavy atom. The van der Waals surface area contributed by atoms with Crippen LogP contribution in [0, 0.1) is 0 Å². The van der Waals surface area contributed by atoms with E-state index in [2.05, 4.69) is 17.4 Å². The van der Waals surface area contributed by atoms with Crippen LogP contribution >= 0.6 is 0 Å². The normalized spacial score (nSPS) is 12.9. The number of hydrogen-bond acceptors (Lipinski definition) is 4. The highest BCUT2D eigenvalue weighted by atomic mass is 16.5. The zero-order valence-corrected chi connectivity index (χ0v) is 18.8. The largest absolute Gasteiger partial charge is 0.480 e. The van der Waals surface area contributed by atoms with E-state index in [4.69, 9.17) is 9.84 Å². The maximum Gasteiger partial charge on any atom is 0.407 e. The van der Waals surface area contributed by atoms with Gasteiger partial charge in [-0.15, -0.1) is 0 Å². The van der Waals surface area contributed by atoms with E-state index in [1.807, 2.05) is 66.7 Å². The third kappa shape index (κ3) is 5.09. The van der Waals surface area contributed by atoms with Crippen LogP contribution in [0.1, 0.15) is 22.6 Å². The fraction of sp³-hybridized carbons (Fsp3) is 0.222. The molecule has 1 atom stereocenters. The summed E-state index contributed by atoms with van der Waals surface area (Å²) in [5.74, 6) is -1.73. The van der Waals surface area contributed by atoms with Gasteiger partial charge < -0.3 is 20.1 Å². The van der Waals surface area contributed by atoms with Crippen LogP contribution in [0.25, 0.3) is 11.1 Å². The summed E-state index contributed by atoms with van der Waals surface area (Å²) in [7, 11) is 1.40. The Labute approximate surface area is 198 Å². The first-order valence-electron chi connectivity index (χ1n) is 11.1. The predicted molar refractivity (Wildman–Crippen MR) is 127 cm³/mol. The van der Waals surface area contributed by atoms with Gasteiger partial charge in [0, 0.05) is 19.4 Å². The Morgan fingerprint density at radius 3 is 2.06 bits per heavy atom. The highest BCUT2D eigenvalue weighted by molar-refractivity contribution is 5.88. The number of nitrogens with one attached hydrogen (secondary N) is 1. The Morgan fingerprint density at radius 1 is 0.912 bits per heavy atom. The van der Waals surface area contributed by atoms with Crippen molar-refractivity contribution in [3.05, 3.63) is 95.6 Å². The van der Waals surface area contributed by atoms with Crippen LogP contribution in [0.2, 0.25) is 0 Å². The number of amides is 2. The fourth-order valence-corrected chi connectivity index (χ4v) is 4.38. The maximum absolute atomic E-state index is 12.9. The molecule has 34 heavy (non-hydrogen) atoms. The number of rotatable bonds is 8. The zero-order valence-electron chi connectivity index (χ0n) is 18.8. The smallest absolute Gasteiger partial charge is 0.407 e. The lowest BCUT2D eigenvalue weighted by Gasteiger charge is -2.24.